The van der Waals surface area contributed by atoms with E-state index in [4.69, 9.17) is 9.47 Å². The zero-order valence-corrected chi connectivity index (χ0v) is 22.1. The molecule has 0 aliphatic carbocycles. The average Bonchev–Trinajstić information content (AvgIpc) is 3.51. The molecule has 3 aromatic rings. The fourth-order valence-corrected chi connectivity index (χ4v) is 5.06. The summed E-state index contributed by atoms with van der Waals surface area (Å²) in [6, 6.07) is 17.6. The number of fused-ring (bicyclic) bond motifs is 1. The van der Waals surface area contributed by atoms with Crippen molar-refractivity contribution in [3.05, 3.63) is 81.5 Å². The largest absolute Gasteiger partial charge is 0.454 e. The summed E-state index contributed by atoms with van der Waals surface area (Å²) < 4.78 is 11.0. The van der Waals surface area contributed by atoms with Crippen LogP contribution < -0.4 is 9.47 Å². The Morgan fingerprint density at radius 2 is 1.72 bits per heavy atom. The first-order valence-corrected chi connectivity index (χ1v) is 13.3. The van der Waals surface area contributed by atoms with Gasteiger partial charge in [-0.3, -0.25) is 9.59 Å². The normalized spacial score (nSPS) is 12.9. The van der Waals surface area contributed by atoms with E-state index in [9.17, 15) is 9.59 Å². The molecule has 0 bridgehead atoms. The van der Waals surface area contributed by atoms with Crippen LogP contribution in [-0.4, -0.2) is 41.5 Å². The first-order chi connectivity index (χ1) is 17.4. The van der Waals surface area contributed by atoms with Crippen LogP contribution in [0.1, 0.15) is 41.8 Å². The van der Waals surface area contributed by atoms with Crippen molar-refractivity contribution >= 4 is 23.2 Å². The van der Waals surface area contributed by atoms with Gasteiger partial charge in [0.25, 0.3) is 0 Å². The lowest BCUT2D eigenvalue weighted by atomic mass is 10.1. The van der Waals surface area contributed by atoms with Crippen LogP contribution in [-0.2, 0) is 29.1 Å². The third-order valence-corrected chi connectivity index (χ3v) is 7.58. The highest BCUT2D eigenvalue weighted by Gasteiger charge is 2.24. The second-order valence-electron chi connectivity index (χ2n) is 9.41. The topological polar surface area (TPSA) is 59.1 Å². The number of hydrogen-bond donors (Lipinski definition) is 0. The third-order valence-electron chi connectivity index (χ3n) is 6.57. The van der Waals surface area contributed by atoms with Crippen molar-refractivity contribution in [2.75, 3.05) is 19.9 Å². The van der Waals surface area contributed by atoms with Gasteiger partial charge in [-0.2, -0.15) is 0 Å². The molecule has 190 valence electrons. The summed E-state index contributed by atoms with van der Waals surface area (Å²) in [4.78, 5) is 31.8. The summed E-state index contributed by atoms with van der Waals surface area (Å²) >= 11 is 1.65. The Morgan fingerprint density at radius 3 is 2.44 bits per heavy atom. The highest BCUT2D eigenvalue weighted by atomic mass is 32.1. The van der Waals surface area contributed by atoms with Crippen LogP contribution >= 0.6 is 11.3 Å². The molecule has 0 fully saturated rings. The van der Waals surface area contributed by atoms with Crippen LogP contribution in [0.4, 0.5) is 0 Å². The molecule has 0 saturated carbocycles. The van der Waals surface area contributed by atoms with E-state index in [-0.39, 0.29) is 31.6 Å². The van der Waals surface area contributed by atoms with E-state index in [1.54, 1.807) is 16.2 Å². The number of benzene rings is 2. The number of thiophene rings is 1. The number of aryl methyl sites for hydroxylation is 1. The molecule has 36 heavy (non-hydrogen) atoms. The predicted octanol–water partition coefficient (Wildman–Crippen LogP) is 5.43. The minimum absolute atomic E-state index is 0.0230. The van der Waals surface area contributed by atoms with E-state index < -0.39 is 0 Å². The Bertz CT molecular complexity index is 1180. The lowest BCUT2D eigenvalue weighted by molar-refractivity contribution is -0.141. The molecule has 1 atom stereocenters. The fraction of sp³-hybridized carbons (Fsp3) is 0.379. The minimum Gasteiger partial charge on any atom is -0.454 e. The number of carbonyl (C=O) groups is 2. The summed E-state index contributed by atoms with van der Waals surface area (Å²) in [5, 5.41) is 2.05. The Hall–Kier alpha value is -3.32. The quantitative estimate of drug-likeness (QED) is 0.348. The number of rotatable bonds is 11. The minimum atomic E-state index is -0.0646. The van der Waals surface area contributed by atoms with E-state index in [1.807, 2.05) is 58.8 Å². The lowest BCUT2D eigenvalue weighted by Gasteiger charge is -2.29. The smallest absolute Gasteiger partial charge is 0.242 e. The van der Waals surface area contributed by atoms with E-state index in [0.29, 0.717) is 31.3 Å². The number of hydrogen-bond acceptors (Lipinski definition) is 5. The van der Waals surface area contributed by atoms with E-state index >= 15 is 0 Å². The Labute approximate surface area is 217 Å². The molecule has 0 N–H and O–H groups in total. The van der Waals surface area contributed by atoms with E-state index in [1.165, 1.54) is 5.56 Å². The zero-order valence-electron chi connectivity index (χ0n) is 21.2. The maximum absolute atomic E-state index is 13.7. The molecule has 1 aliphatic rings. The van der Waals surface area contributed by atoms with Gasteiger partial charge in [0.2, 0.25) is 18.6 Å². The lowest BCUT2D eigenvalue weighted by Crippen LogP contribution is -2.44. The number of carbonyl (C=O) groups excluding carboxylic acids is 2. The van der Waals surface area contributed by atoms with Crippen LogP contribution in [0.2, 0.25) is 0 Å². The fourth-order valence-electron chi connectivity index (χ4n) is 4.14. The average molecular weight is 507 g/mol. The van der Waals surface area contributed by atoms with Gasteiger partial charge in [-0.25, -0.2) is 0 Å². The Kier molecular flexibility index (Phi) is 8.65. The van der Waals surface area contributed by atoms with E-state index in [2.05, 4.69) is 26.8 Å². The van der Waals surface area contributed by atoms with Crippen molar-refractivity contribution < 1.29 is 19.1 Å². The predicted molar refractivity (Wildman–Crippen MR) is 142 cm³/mol. The molecule has 2 aromatic carbocycles. The second kappa shape index (κ2) is 12.1. The molecular formula is C29H34N2O4S. The van der Waals surface area contributed by atoms with Gasteiger partial charge in [0.1, 0.15) is 0 Å². The van der Waals surface area contributed by atoms with Crippen LogP contribution in [0, 0.1) is 12.8 Å². The molecule has 6 nitrogen and oxygen atoms in total. The molecule has 0 radical (unpaired) electrons. The molecule has 0 saturated heterocycles. The monoisotopic (exact) mass is 506 g/mol. The van der Waals surface area contributed by atoms with Crippen molar-refractivity contribution in [1.29, 1.82) is 0 Å². The first-order valence-electron chi connectivity index (χ1n) is 12.4. The summed E-state index contributed by atoms with van der Waals surface area (Å²) in [5.74, 6) is 1.63. The molecular weight excluding hydrogens is 472 g/mol. The van der Waals surface area contributed by atoms with Crippen LogP contribution in [0.15, 0.2) is 60.0 Å². The molecule has 4 rings (SSSR count). The molecule has 2 amide bonds. The van der Waals surface area contributed by atoms with Gasteiger partial charge >= 0.3 is 0 Å². The maximum Gasteiger partial charge on any atom is 0.242 e. The van der Waals surface area contributed by atoms with Gasteiger partial charge in [0.05, 0.1) is 19.5 Å². The van der Waals surface area contributed by atoms with Gasteiger partial charge in [-0.05, 0) is 53.1 Å². The highest BCUT2D eigenvalue weighted by Crippen LogP contribution is 2.33. The van der Waals surface area contributed by atoms with Gasteiger partial charge in [-0.15, -0.1) is 11.3 Å². The molecule has 0 unspecified atom stereocenters. The van der Waals surface area contributed by atoms with Gasteiger partial charge in [0.15, 0.2) is 11.5 Å². The molecule has 0 spiro atoms. The van der Waals surface area contributed by atoms with Crippen molar-refractivity contribution in [1.82, 2.24) is 9.80 Å². The van der Waals surface area contributed by atoms with Gasteiger partial charge in [0, 0.05) is 18.0 Å². The molecule has 1 aliphatic heterocycles. The molecule has 7 heteroatoms. The Balaban J connectivity index is 1.53. The van der Waals surface area contributed by atoms with Crippen molar-refractivity contribution in [2.24, 2.45) is 5.92 Å². The summed E-state index contributed by atoms with van der Waals surface area (Å²) in [7, 11) is 0. The van der Waals surface area contributed by atoms with Crippen molar-refractivity contribution in [3.63, 3.8) is 0 Å². The van der Waals surface area contributed by atoms with Crippen LogP contribution in [0.25, 0.3) is 0 Å². The standard InChI is InChI=1S/C29H34N2O4S/c1-4-21(2)16-30(28(32)15-23-8-6-5-7-9-23)19-29(33)31(18-27-22(3)12-13-36-27)17-24-10-11-25-26(14-24)35-20-34-25/h5-14,21H,4,15-20H2,1-3H3/t21-/m1/s1. The summed E-state index contributed by atoms with van der Waals surface area (Å²) in [5.41, 5.74) is 3.08. The molecule has 2 heterocycles. The number of ether oxygens (including phenoxy) is 2. The van der Waals surface area contributed by atoms with Crippen molar-refractivity contribution in [2.45, 2.75) is 46.7 Å². The van der Waals surface area contributed by atoms with Crippen molar-refractivity contribution in [3.8, 4) is 11.5 Å². The van der Waals surface area contributed by atoms with E-state index in [0.717, 1.165) is 28.2 Å². The molecule has 1 aromatic heterocycles. The zero-order chi connectivity index (χ0) is 25.5. The third kappa shape index (κ3) is 6.66. The summed E-state index contributed by atoms with van der Waals surface area (Å²) in [6.45, 7) is 8.05. The van der Waals surface area contributed by atoms with Gasteiger partial charge in [-0.1, -0.05) is 56.7 Å². The van der Waals surface area contributed by atoms with Crippen LogP contribution in [0.3, 0.4) is 0 Å². The Morgan fingerprint density at radius 1 is 0.944 bits per heavy atom. The number of amides is 2. The van der Waals surface area contributed by atoms with Crippen LogP contribution in [0.5, 0.6) is 11.5 Å². The van der Waals surface area contributed by atoms with Gasteiger partial charge < -0.3 is 19.3 Å². The highest BCUT2D eigenvalue weighted by molar-refractivity contribution is 7.10. The number of nitrogens with zero attached hydrogens (tertiary/aromatic N) is 2. The second-order valence-corrected chi connectivity index (χ2v) is 10.4. The SMILES string of the molecule is CC[C@@H](C)CN(CC(=O)N(Cc1ccc2c(c1)OCO2)Cc1sccc1C)C(=O)Cc1ccccc1. The summed E-state index contributed by atoms with van der Waals surface area (Å²) in [6.07, 6.45) is 1.23. The maximum atomic E-state index is 13.7. The first kappa shape index (κ1) is 25.8.